The van der Waals surface area contributed by atoms with Crippen LogP contribution in [0, 0.1) is 20.2 Å². The van der Waals surface area contributed by atoms with E-state index in [0.29, 0.717) is 17.9 Å². The lowest BCUT2D eigenvalue weighted by Gasteiger charge is -2.06. The van der Waals surface area contributed by atoms with Crippen molar-refractivity contribution in [1.82, 2.24) is 0 Å². The molecule has 0 unspecified atom stereocenters. The molecule has 2 aromatic carbocycles. The van der Waals surface area contributed by atoms with Crippen LogP contribution in [0.25, 0.3) is 0 Å². The molecule has 0 radical (unpaired) electrons. The fraction of sp³-hybridized carbons (Fsp3) is 0.133. The van der Waals surface area contributed by atoms with Crippen LogP contribution in [0.15, 0.2) is 47.6 Å². The number of nitrogens with one attached hydrogen (secondary N) is 1. The molecule has 1 N–H and O–H groups in total. The first kappa shape index (κ1) is 16.9. The monoisotopic (exact) mass is 330 g/mol. The molecule has 0 aliphatic heterocycles. The van der Waals surface area contributed by atoms with Crippen LogP contribution in [-0.2, 0) is 0 Å². The third-order valence-corrected chi connectivity index (χ3v) is 3.00. The van der Waals surface area contributed by atoms with Gasteiger partial charge in [0.25, 0.3) is 5.69 Å². The van der Waals surface area contributed by atoms with E-state index in [-0.39, 0.29) is 11.4 Å². The molecule has 0 heterocycles. The summed E-state index contributed by atoms with van der Waals surface area (Å²) in [4.78, 5) is 20.3. The molecule has 0 saturated heterocycles. The van der Waals surface area contributed by atoms with E-state index in [0.717, 1.165) is 6.07 Å². The highest BCUT2D eigenvalue weighted by molar-refractivity contribution is 5.84. The van der Waals surface area contributed by atoms with Crippen LogP contribution >= 0.6 is 0 Å². The Morgan fingerprint density at radius 3 is 2.58 bits per heavy atom. The third kappa shape index (κ3) is 4.03. The Labute approximate surface area is 136 Å². The number of para-hydroxylation sites is 1. The van der Waals surface area contributed by atoms with E-state index in [1.165, 1.54) is 18.3 Å². The molecule has 0 aliphatic rings. The van der Waals surface area contributed by atoms with Crippen LogP contribution in [-0.4, -0.2) is 22.7 Å². The van der Waals surface area contributed by atoms with E-state index >= 15 is 0 Å². The summed E-state index contributed by atoms with van der Waals surface area (Å²) in [5, 5.41) is 25.7. The van der Waals surface area contributed by atoms with Gasteiger partial charge in [-0.2, -0.15) is 5.10 Å². The van der Waals surface area contributed by atoms with Gasteiger partial charge < -0.3 is 4.74 Å². The van der Waals surface area contributed by atoms with Crippen LogP contribution in [0.4, 0.5) is 17.1 Å². The summed E-state index contributed by atoms with van der Waals surface area (Å²) in [5.74, 6) is 0.628. The average Bonchev–Trinajstić information content (AvgIpc) is 2.56. The first-order valence-corrected chi connectivity index (χ1v) is 6.96. The fourth-order valence-electron chi connectivity index (χ4n) is 1.92. The number of ether oxygens (including phenoxy) is 1. The summed E-state index contributed by atoms with van der Waals surface area (Å²) in [5.41, 5.74) is 2.48. The van der Waals surface area contributed by atoms with Crippen LogP contribution in [0.1, 0.15) is 12.5 Å². The molecule has 0 saturated carbocycles. The predicted octanol–water partition coefficient (Wildman–Crippen LogP) is 3.35. The van der Waals surface area contributed by atoms with Crippen molar-refractivity contribution in [2.24, 2.45) is 5.10 Å². The lowest BCUT2D eigenvalue weighted by Crippen LogP contribution is -2.00. The Balaban J connectivity index is 2.23. The zero-order chi connectivity index (χ0) is 17.5. The minimum Gasteiger partial charge on any atom is -0.493 e. The quantitative estimate of drug-likeness (QED) is 0.472. The lowest BCUT2D eigenvalue weighted by atomic mass is 10.2. The smallest absolute Gasteiger partial charge is 0.301 e. The van der Waals surface area contributed by atoms with Gasteiger partial charge in [0, 0.05) is 11.6 Å². The highest BCUT2D eigenvalue weighted by Crippen LogP contribution is 2.28. The number of nitrogens with zero attached hydrogens (tertiary/aromatic N) is 3. The standard InChI is InChI=1S/C15H14N4O5/c1-2-24-15-6-4-3-5-11(15)10-16-17-13-8-7-12(18(20)21)9-14(13)19(22)23/h3-10,17H,2H2,1H3/b16-10-. The molecule has 0 amide bonds. The number of hydrogen-bond acceptors (Lipinski definition) is 7. The van der Waals surface area contributed by atoms with Crippen molar-refractivity contribution in [3.05, 3.63) is 68.3 Å². The molecule has 2 rings (SSSR count). The number of non-ortho nitro benzene ring substituents is 1. The number of nitro groups is 2. The summed E-state index contributed by atoms with van der Waals surface area (Å²) < 4.78 is 5.44. The van der Waals surface area contributed by atoms with Gasteiger partial charge in [0.05, 0.1) is 28.7 Å². The Morgan fingerprint density at radius 2 is 1.92 bits per heavy atom. The van der Waals surface area contributed by atoms with Gasteiger partial charge in [0.1, 0.15) is 11.4 Å². The highest BCUT2D eigenvalue weighted by Gasteiger charge is 2.19. The van der Waals surface area contributed by atoms with Crippen molar-refractivity contribution in [2.75, 3.05) is 12.0 Å². The Kier molecular flexibility index (Phi) is 5.40. The zero-order valence-corrected chi connectivity index (χ0v) is 12.7. The maximum atomic E-state index is 11.0. The Bertz CT molecular complexity index is 791. The second-order valence-electron chi connectivity index (χ2n) is 4.56. The molecule has 0 spiro atoms. The SMILES string of the molecule is CCOc1ccccc1/C=N\Nc1ccc([N+](=O)[O-])cc1[N+](=O)[O-]. The number of benzene rings is 2. The molecule has 0 aromatic heterocycles. The molecule has 124 valence electrons. The second kappa shape index (κ2) is 7.68. The predicted molar refractivity (Wildman–Crippen MR) is 88.6 cm³/mol. The average molecular weight is 330 g/mol. The minimum atomic E-state index is -0.709. The molecule has 0 aliphatic carbocycles. The van der Waals surface area contributed by atoms with Gasteiger partial charge in [-0.25, -0.2) is 0 Å². The van der Waals surface area contributed by atoms with Gasteiger partial charge in [0.2, 0.25) is 0 Å². The molecular formula is C15H14N4O5. The highest BCUT2D eigenvalue weighted by atomic mass is 16.6. The van der Waals surface area contributed by atoms with Crippen LogP contribution in [0.2, 0.25) is 0 Å². The van der Waals surface area contributed by atoms with Gasteiger partial charge in [-0.15, -0.1) is 0 Å². The normalized spacial score (nSPS) is 10.5. The van der Waals surface area contributed by atoms with Crippen LogP contribution < -0.4 is 10.2 Å². The number of hydrazone groups is 1. The first-order chi connectivity index (χ1) is 11.5. The van der Waals surface area contributed by atoms with Crippen molar-refractivity contribution in [3.63, 3.8) is 0 Å². The summed E-state index contributed by atoms with van der Waals surface area (Å²) in [6, 6.07) is 10.5. The lowest BCUT2D eigenvalue weighted by molar-refractivity contribution is -0.393. The molecule has 2 aromatic rings. The number of hydrogen-bond donors (Lipinski definition) is 1. The first-order valence-electron chi connectivity index (χ1n) is 6.96. The van der Waals surface area contributed by atoms with Crippen LogP contribution in [0.5, 0.6) is 5.75 Å². The maximum absolute atomic E-state index is 11.0. The molecular weight excluding hydrogens is 316 g/mol. The van der Waals surface area contributed by atoms with Crippen LogP contribution in [0.3, 0.4) is 0 Å². The molecule has 9 heteroatoms. The van der Waals surface area contributed by atoms with Crippen molar-refractivity contribution >= 4 is 23.3 Å². The zero-order valence-electron chi connectivity index (χ0n) is 12.7. The van der Waals surface area contributed by atoms with Gasteiger partial charge in [-0.1, -0.05) is 12.1 Å². The summed E-state index contributed by atoms with van der Waals surface area (Å²) in [6.45, 7) is 2.35. The van der Waals surface area contributed by atoms with E-state index in [2.05, 4.69) is 10.5 Å². The summed E-state index contributed by atoms with van der Waals surface area (Å²) in [7, 11) is 0. The van der Waals surface area contributed by atoms with Gasteiger partial charge >= 0.3 is 5.69 Å². The van der Waals surface area contributed by atoms with Crippen molar-refractivity contribution in [2.45, 2.75) is 6.92 Å². The second-order valence-corrected chi connectivity index (χ2v) is 4.56. The van der Waals surface area contributed by atoms with E-state index in [1.807, 2.05) is 13.0 Å². The van der Waals surface area contributed by atoms with E-state index in [1.54, 1.807) is 18.2 Å². The largest absolute Gasteiger partial charge is 0.493 e. The van der Waals surface area contributed by atoms with Crippen molar-refractivity contribution < 1.29 is 14.6 Å². The molecule has 0 bridgehead atoms. The van der Waals surface area contributed by atoms with Crippen molar-refractivity contribution in [1.29, 1.82) is 0 Å². The molecule has 0 atom stereocenters. The number of nitro benzene ring substituents is 2. The Hall–Kier alpha value is -3.49. The summed E-state index contributed by atoms with van der Waals surface area (Å²) in [6.07, 6.45) is 1.45. The topological polar surface area (TPSA) is 120 Å². The number of rotatable bonds is 7. The Morgan fingerprint density at radius 1 is 1.17 bits per heavy atom. The molecule has 0 fully saturated rings. The van der Waals surface area contributed by atoms with E-state index < -0.39 is 15.5 Å². The minimum absolute atomic E-state index is 0.0516. The maximum Gasteiger partial charge on any atom is 0.301 e. The summed E-state index contributed by atoms with van der Waals surface area (Å²) >= 11 is 0. The molecule has 9 nitrogen and oxygen atoms in total. The van der Waals surface area contributed by atoms with E-state index in [9.17, 15) is 20.2 Å². The van der Waals surface area contributed by atoms with Gasteiger partial charge in [-0.05, 0) is 25.1 Å². The van der Waals surface area contributed by atoms with E-state index in [4.69, 9.17) is 4.74 Å². The molecule has 24 heavy (non-hydrogen) atoms. The van der Waals surface area contributed by atoms with Gasteiger partial charge in [0.15, 0.2) is 0 Å². The fourth-order valence-corrected chi connectivity index (χ4v) is 1.92. The number of anilines is 1. The van der Waals surface area contributed by atoms with Crippen molar-refractivity contribution in [3.8, 4) is 5.75 Å². The van der Waals surface area contributed by atoms with Gasteiger partial charge in [-0.3, -0.25) is 25.7 Å². The third-order valence-electron chi connectivity index (χ3n) is 3.00.